The Labute approximate surface area is 167 Å². The van der Waals surface area contributed by atoms with E-state index in [9.17, 15) is 9.90 Å². The first-order chi connectivity index (χ1) is 13.6. The van der Waals surface area contributed by atoms with Crippen LogP contribution < -0.4 is 5.32 Å². The maximum Gasteiger partial charge on any atom is 0.303 e. The molecule has 1 aliphatic heterocycles. The highest BCUT2D eigenvalue weighted by atomic mass is 16.4. The molecule has 150 valence electrons. The molecule has 0 bridgehead atoms. The number of carbonyl (C=O) groups is 1. The zero-order valence-electron chi connectivity index (χ0n) is 16.8. The monoisotopic (exact) mass is 381 g/mol. The second-order valence-corrected chi connectivity index (χ2v) is 7.82. The Balaban J connectivity index is 1.40. The van der Waals surface area contributed by atoms with Crippen LogP contribution in [0.4, 0.5) is 5.82 Å². The number of carboxylic acids is 1. The molecule has 0 aromatic carbocycles. The fourth-order valence-corrected chi connectivity index (χ4v) is 3.88. The van der Waals surface area contributed by atoms with Crippen LogP contribution in [0, 0.1) is 6.92 Å². The Morgan fingerprint density at radius 2 is 2.04 bits per heavy atom. The molecule has 2 aromatic heterocycles. The maximum atomic E-state index is 11.2. The summed E-state index contributed by atoms with van der Waals surface area (Å²) < 4.78 is 0. The van der Waals surface area contributed by atoms with Crippen LogP contribution in [0.1, 0.15) is 73.4 Å². The van der Waals surface area contributed by atoms with Crippen LogP contribution in [-0.4, -0.2) is 27.6 Å². The number of aliphatic carboxylic acids is 1. The summed E-state index contributed by atoms with van der Waals surface area (Å²) in [5, 5.41) is 12.6. The lowest BCUT2D eigenvalue weighted by atomic mass is 9.91. The van der Waals surface area contributed by atoms with Gasteiger partial charge in [0.15, 0.2) is 0 Å². The van der Waals surface area contributed by atoms with E-state index in [1.807, 2.05) is 25.3 Å². The first kappa shape index (κ1) is 20.3. The van der Waals surface area contributed by atoms with Crippen molar-refractivity contribution >= 4 is 11.8 Å². The average molecular weight is 382 g/mol. The van der Waals surface area contributed by atoms with Gasteiger partial charge in [-0.3, -0.25) is 9.78 Å². The Kier molecular flexibility index (Phi) is 7.40. The number of fused-ring (bicyclic) bond motifs is 1. The molecule has 0 fully saturated rings. The van der Waals surface area contributed by atoms with Gasteiger partial charge in [-0.2, -0.15) is 0 Å². The van der Waals surface area contributed by atoms with Crippen LogP contribution in [0.2, 0.25) is 0 Å². The third-order valence-corrected chi connectivity index (χ3v) is 5.51. The van der Waals surface area contributed by atoms with Crippen LogP contribution >= 0.6 is 0 Å². The number of rotatable bonds is 10. The highest BCUT2D eigenvalue weighted by Crippen LogP contribution is 2.26. The van der Waals surface area contributed by atoms with Gasteiger partial charge < -0.3 is 10.4 Å². The molecule has 5 nitrogen and oxygen atoms in total. The lowest BCUT2D eigenvalue weighted by Gasteiger charge is -2.17. The molecular weight excluding hydrogens is 350 g/mol. The van der Waals surface area contributed by atoms with E-state index in [4.69, 9.17) is 4.98 Å². The first-order valence-corrected chi connectivity index (χ1v) is 10.5. The Morgan fingerprint density at radius 1 is 1.18 bits per heavy atom. The topological polar surface area (TPSA) is 75.1 Å². The van der Waals surface area contributed by atoms with Crippen LogP contribution in [0.5, 0.6) is 0 Å². The van der Waals surface area contributed by atoms with Gasteiger partial charge in [0, 0.05) is 24.1 Å². The zero-order chi connectivity index (χ0) is 19.8. The van der Waals surface area contributed by atoms with Crippen molar-refractivity contribution in [2.24, 2.45) is 0 Å². The van der Waals surface area contributed by atoms with E-state index < -0.39 is 5.97 Å². The summed E-state index contributed by atoms with van der Waals surface area (Å²) in [4.78, 5) is 20.3. The van der Waals surface area contributed by atoms with Crippen molar-refractivity contribution in [3.8, 4) is 0 Å². The number of carboxylic acid groups (broad SMARTS) is 1. The zero-order valence-corrected chi connectivity index (χ0v) is 16.8. The molecule has 0 radical (unpaired) electrons. The molecule has 3 rings (SSSR count). The molecule has 2 N–H and O–H groups in total. The van der Waals surface area contributed by atoms with Gasteiger partial charge in [0.2, 0.25) is 0 Å². The number of hydrogen-bond acceptors (Lipinski definition) is 4. The molecule has 1 atom stereocenters. The molecule has 0 spiro atoms. The Morgan fingerprint density at radius 3 is 2.82 bits per heavy atom. The second-order valence-electron chi connectivity index (χ2n) is 7.82. The SMILES string of the molecule is Cc1ccc(C(CCCCCCc2ccc3c(n2)NCCC3)CC(=O)O)cn1. The van der Waals surface area contributed by atoms with Crippen molar-refractivity contribution < 1.29 is 9.90 Å². The number of aromatic nitrogens is 2. The van der Waals surface area contributed by atoms with Crippen LogP contribution in [0.3, 0.4) is 0 Å². The summed E-state index contributed by atoms with van der Waals surface area (Å²) in [6.45, 7) is 2.97. The fraction of sp³-hybridized carbons (Fsp3) is 0.522. The molecule has 0 amide bonds. The van der Waals surface area contributed by atoms with Gasteiger partial charge in [0.25, 0.3) is 0 Å². The molecule has 0 saturated carbocycles. The molecule has 0 saturated heterocycles. The van der Waals surface area contributed by atoms with Gasteiger partial charge >= 0.3 is 5.97 Å². The predicted octanol–water partition coefficient (Wildman–Crippen LogP) is 4.89. The second kappa shape index (κ2) is 10.2. The number of anilines is 1. The molecule has 2 aromatic rings. The largest absolute Gasteiger partial charge is 0.481 e. The molecular formula is C23H31N3O2. The van der Waals surface area contributed by atoms with Gasteiger partial charge in [-0.15, -0.1) is 0 Å². The fourth-order valence-electron chi connectivity index (χ4n) is 3.88. The molecule has 1 aliphatic rings. The summed E-state index contributed by atoms with van der Waals surface area (Å²) in [6.07, 6.45) is 10.7. The summed E-state index contributed by atoms with van der Waals surface area (Å²) in [5.74, 6) is 0.392. The van der Waals surface area contributed by atoms with Crippen LogP contribution in [0.25, 0.3) is 0 Å². The number of nitrogens with zero attached hydrogens (tertiary/aromatic N) is 2. The number of unbranched alkanes of at least 4 members (excludes halogenated alkanes) is 3. The Hall–Kier alpha value is -2.43. The predicted molar refractivity (Wildman–Crippen MR) is 112 cm³/mol. The van der Waals surface area contributed by atoms with E-state index in [-0.39, 0.29) is 12.3 Å². The third-order valence-electron chi connectivity index (χ3n) is 5.51. The van der Waals surface area contributed by atoms with Gasteiger partial charge in [-0.1, -0.05) is 31.4 Å². The Bertz CT molecular complexity index is 774. The van der Waals surface area contributed by atoms with Crippen LogP contribution in [-0.2, 0) is 17.6 Å². The molecule has 3 heterocycles. The first-order valence-electron chi connectivity index (χ1n) is 10.5. The normalized spacial score (nSPS) is 14.2. The third kappa shape index (κ3) is 6.04. The van der Waals surface area contributed by atoms with E-state index in [1.54, 1.807) is 0 Å². The number of pyridine rings is 2. The van der Waals surface area contributed by atoms with Gasteiger partial charge in [-0.05, 0) is 68.2 Å². The smallest absolute Gasteiger partial charge is 0.303 e. The minimum Gasteiger partial charge on any atom is -0.481 e. The van der Waals surface area contributed by atoms with E-state index in [2.05, 4.69) is 22.4 Å². The summed E-state index contributed by atoms with van der Waals surface area (Å²) in [7, 11) is 0. The average Bonchev–Trinajstić information content (AvgIpc) is 2.70. The van der Waals surface area contributed by atoms with Gasteiger partial charge in [0.1, 0.15) is 5.82 Å². The lowest BCUT2D eigenvalue weighted by molar-refractivity contribution is -0.137. The molecule has 5 heteroatoms. The molecule has 28 heavy (non-hydrogen) atoms. The van der Waals surface area contributed by atoms with Crippen molar-refractivity contribution in [3.05, 3.63) is 53.0 Å². The molecule has 1 unspecified atom stereocenters. The minimum atomic E-state index is -0.738. The highest BCUT2D eigenvalue weighted by Gasteiger charge is 2.16. The number of hydrogen-bond donors (Lipinski definition) is 2. The number of nitrogens with one attached hydrogen (secondary N) is 1. The maximum absolute atomic E-state index is 11.2. The van der Waals surface area contributed by atoms with Crippen molar-refractivity contribution in [1.29, 1.82) is 0 Å². The minimum absolute atomic E-state index is 0.0546. The molecule has 0 aliphatic carbocycles. The van der Waals surface area contributed by atoms with Crippen molar-refractivity contribution in [3.63, 3.8) is 0 Å². The van der Waals surface area contributed by atoms with Crippen molar-refractivity contribution in [2.75, 3.05) is 11.9 Å². The quantitative estimate of drug-likeness (QED) is 0.573. The summed E-state index contributed by atoms with van der Waals surface area (Å²) in [5.41, 5.74) is 4.51. The van der Waals surface area contributed by atoms with Gasteiger partial charge in [-0.25, -0.2) is 4.98 Å². The van der Waals surface area contributed by atoms with E-state index >= 15 is 0 Å². The summed E-state index contributed by atoms with van der Waals surface area (Å²) >= 11 is 0. The lowest BCUT2D eigenvalue weighted by Crippen LogP contribution is -2.13. The van der Waals surface area contributed by atoms with Crippen molar-refractivity contribution in [2.45, 2.75) is 70.6 Å². The highest BCUT2D eigenvalue weighted by molar-refractivity contribution is 5.68. The standard InChI is InChI=1S/C23H31N3O2/c1-17-10-11-20(16-25-17)19(15-22(27)28)7-4-2-3-5-9-21-13-12-18-8-6-14-24-23(18)26-21/h10-13,16,19H,2-9,14-15H2,1H3,(H,24,26)(H,27,28). The van der Waals surface area contributed by atoms with Gasteiger partial charge in [0.05, 0.1) is 6.42 Å². The van der Waals surface area contributed by atoms with E-state index in [0.717, 1.165) is 68.6 Å². The van der Waals surface area contributed by atoms with Crippen molar-refractivity contribution in [1.82, 2.24) is 9.97 Å². The van der Waals surface area contributed by atoms with E-state index in [1.165, 1.54) is 17.7 Å². The number of aryl methyl sites for hydroxylation is 3. The van der Waals surface area contributed by atoms with E-state index in [0.29, 0.717) is 0 Å². The summed E-state index contributed by atoms with van der Waals surface area (Å²) in [6, 6.07) is 8.37. The van der Waals surface area contributed by atoms with Crippen LogP contribution in [0.15, 0.2) is 30.5 Å².